The van der Waals surface area contributed by atoms with Crippen molar-refractivity contribution in [2.75, 3.05) is 19.7 Å². The summed E-state index contributed by atoms with van der Waals surface area (Å²) in [7, 11) is 0. The Hall–Kier alpha value is -3.22. The van der Waals surface area contributed by atoms with Gasteiger partial charge in [0.2, 0.25) is 0 Å². The summed E-state index contributed by atoms with van der Waals surface area (Å²) in [6.07, 6.45) is 0. The predicted molar refractivity (Wildman–Crippen MR) is 91.5 cm³/mol. The van der Waals surface area contributed by atoms with Crippen LogP contribution in [-0.2, 0) is 4.79 Å². The molecule has 0 atom stereocenters. The Morgan fingerprint density at radius 1 is 1.12 bits per heavy atom. The lowest BCUT2D eigenvalue weighted by molar-refractivity contribution is -0.123. The Kier molecular flexibility index (Phi) is 4.97. The van der Waals surface area contributed by atoms with Crippen LogP contribution in [0.2, 0.25) is 0 Å². The van der Waals surface area contributed by atoms with Crippen LogP contribution in [0.25, 0.3) is 0 Å². The molecule has 7 heteroatoms. The Labute approximate surface area is 149 Å². The smallest absolute Gasteiger partial charge is 0.264 e. The van der Waals surface area contributed by atoms with Gasteiger partial charge < -0.3 is 10.1 Å². The summed E-state index contributed by atoms with van der Waals surface area (Å²) in [5.41, 5.74) is 0.912. The van der Waals surface area contributed by atoms with E-state index in [0.717, 1.165) is 16.5 Å². The maximum absolute atomic E-state index is 13.7. The first kappa shape index (κ1) is 17.6. The molecule has 0 spiro atoms. The molecular formula is C19H17FN2O4. The second kappa shape index (κ2) is 7.35. The molecule has 2 aromatic carbocycles. The van der Waals surface area contributed by atoms with Crippen LogP contribution >= 0.6 is 0 Å². The summed E-state index contributed by atoms with van der Waals surface area (Å²) in [4.78, 5) is 37.1. The van der Waals surface area contributed by atoms with E-state index < -0.39 is 17.6 Å². The minimum absolute atomic E-state index is 0.0396. The van der Waals surface area contributed by atoms with Gasteiger partial charge in [0.1, 0.15) is 11.6 Å². The number of carbonyl (C=O) groups excluding carboxylic acids is 3. The SMILES string of the molecule is Cc1ccc(OCC(=O)NCCN2C(=O)c3cccc(F)c3C2=O)cc1. The van der Waals surface area contributed by atoms with Gasteiger partial charge in [-0.2, -0.15) is 0 Å². The molecule has 1 N–H and O–H groups in total. The number of amides is 3. The number of halogens is 1. The van der Waals surface area contributed by atoms with Gasteiger partial charge in [-0.15, -0.1) is 0 Å². The first-order valence-corrected chi connectivity index (χ1v) is 8.08. The number of nitrogens with one attached hydrogen (secondary N) is 1. The number of rotatable bonds is 6. The van der Waals surface area contributed by atoms with Gasteiger partial charge in [-0.3, -0.25) is 19.3 Å². The van der Waals surface area contributed by atoms with Crippen molar-refractivity contribution in [3.05, 3.63) is 65.0 Å². The third-order valence-corrected chi connectivity index (χ3v) is 4.00. The molecule has 0 saturated carbocycles. The third-order valence-electron chi connectivity index (χ3n) is 4.00. The number of aryl methyl sites for hydroxylation is 1. The first-order valence-electron chi connectivity index (χ1n) is 8.08. The fraction of sp³-hybridized carbons (Fsp3) is 0.211. The van der Waals surface area contributed by atoms with Gasteiger partial charge in [-0.05, 0) is 31.2 Å². The van der Waals surface area contributed by atoms with E-state index in [0.29, 0.717) is 5.75 Å². The van der Waals surface area contributed by atoms with E-state index in [-0.39, 0.29) is 36.7 Å². The molecule has 3 rings (SSSR count). The van der Waals surface area contributed by atoms with Gasteiger partial charge >= 0.3 is 0 Å². The van der Waals surface area contributed by atoms with Crippen LogP contribution in [0.15, 0.2) is 42.5 Å². The number of hydrogen-bond acceptors (Lipinski definition) is 4. The predicted octanol–water partition coefficient (Wildman–Crippen LogP) is 1.93. The number of hydrogen-bond donors (Lipinski definition) is 1. The first-order chi connectivity index (χ1) is 12.5. The highest BCUT2D eigenvalue weighted by molar-refractivity contribution is 6.21. The summed E-state index contributed by atoms with van der Waals surface area (Å²) < 4.78 is 19.1. The van der Waals surface area contributed by atoms with Crippen LogP contribution in [0.5, 0.6) is 5.75 Å². The van der Waals surface area contributed by atoms with Crippen LogP contribution in [0.4, 0.5) is 4.39 Å². The lowest BCUT2D eigenvalue weighted by Crippen LogP contribution is -2.39. The van der Waals surface area contributed by atoms with E-state index in [4.69, 9.17) is 4.74 Å². The highest BCUT2D eigenvalue weighted by Crippen LogP contribution is 2.24. The lowest BCUT2D eigenvalue weighted by Gasteiger charge is -2.14. The largest absolute Gasteiger partial charge is 0.484 e. The van der Waals surface area contributed by atoms with Crippen LogP contribution in [-0.4, -0.2) is 42.3 Å². The highest BCUT2D eigenvalue weighted by Gasteiger charge is 2.37. The lowest BCUT2D eigenvalue weighted by atomic mass is 10.1. The maximum atomic E-state index is 13.7. The Balaban J connectivity index is 1.48. The zero-order valence-electron chi connectivity index (χ0n) is 14.1. The van der Waals surface area contributed by atoms with Crippen molar-refractivity contribution in [3.8, 4) is 5.75 Å². The maximum Gasteiger partial charge on any atom is 0.264 e. The molecule has 0 radical (unpaired) electrons. The van der Waals surface area contributed by atoms with Crippen molar-refractivity contribution >= 4 is 17.7 Å². The van der Waals surface area contributed by atoms with Crippen LogP contribution in [0, 0.1) is 12.7 Å². The minimum Gasteiger partial charge on any atom is -0.484 e. The number of ether oxygens (including phenoxy) is 1. The molecule has 0 aromatic heterocycles. The van der Waals surface area contributed by atoms with E-state index in [9.17, 15) is 18.8 Å². The molecule has 2 aromatic rings. The highest BCUT2D eigenvalue weighted by atomic mass is 19.1. The summed E-state index contributed by atoms with van der Waals surface area (Å²) >= 11 is 0. The molecule has 1 heterocycles. The van der Waals surface area contributed by atoms with E-state index in [1.807, 2.05) is 19.1 Å². The zero-order chi connectivity index (χ0) is 18.7. The van der Waals surface area contributed by atoms with Crippen molar-refractivity contribution < 1.29 is 23.5 Å². The van der Waals surface area contributed by atoms with Crippen molar-refractivity contribution in [3.63, 3.8) is 0 Å². The number of nitrogens with zero attached hydrogens (tertiary/aromatic N) is 1. The monoisotopic (exact) mass is 356 g/mol. The Bertz CT molecular complexity index is 864. The van der Waals surface area contributed by atoms with Crippen LogP contribution in [0.1, 0.15) is 26.3 Å². The van der Waals surface area contributed by atoms with E-state index in [2.05, 4.69) is 5.32 Å². The molecule has 6 nitrogen and oxygen atoms in total. The fourth-order valence-electron chi connectivity index (χ4n) is 2.64. The van der Waals surface area contributed by atoms with E-state index in [1.54, 1.807) is 12.1 Å². The van der Waals surface area contributed by atoms with Gasteiger partial charge in [0, 0.05) is 13.1 Å². The molecule has 134 valence electrons. The third kappa shape index (κ3) is 3.56. The van der Waals surface area contributed by atoms with Crippen LogP contribution in [0.3, 0.4) is 0 Å². The average Bonchev–Trinajstić information content (AvgIpc) is 2.87. The molecule has 26 heavy (non-hydrogen) atoms. The number of fused-ring (bicyclic) bond motifs is 1. The van der Waals surface area contributed by atoms with Crippen LogP contribution < -0.4 is 10.1 Å². The molecule has 3 amide bonds. The molecular weight excluding hydrogens is 339 g/mol. The zero-order valence-corrected chi connectivity index (χ0v) is 14.1. The number of imide groups is 1. The topological polar surface area (TPSA) is 75.7 Å². The van der Waals surface area contributed by atoms with Gasteiger partial charge in [-0.25, -0.2) is 4.39 Å². The summed E-state index contributed by atoms with van der Waals surface area (Å²) in [6, 6.07) is 11.2. The van der Waals surface area contributed by atoms with Gasteiger partial charge in [0.15, 0.2) is 6.61 Å². The molecule has 0 fully saturated rings. The second-order valence-corrected chi connectivity index (χ2v) is 5.88. The van der Waals surface area contributed by atoms with Crippen molar-refractivity contribution in [1.82, 2.24) is 10.2 Å². The standard InChI is InChI=1S/C19H17FN2O4/c1-12-5-7-13(8-6-12)26-11-16(23)21-9-10-22-18(24)14-3-2-4-15(20)17(14)19(22)25/h2-8H,9-11H2,1H3,(H,21,23). The quantitative estimate of drug-likeness (QED) is 0.803. The molecule has 1 aliphatic rings. The molecule has 0 saturated heterocycles. The summed E-state index contributed by atoms with van der Waals surface area (Å²) in [5, 5.41) is 2.57. The van der Waals surface area contributed by atoms with Gasteiger partial charge in [0.25, 0.3) is 17.7 Å². The van der Waals surface area contributed by atoms with E-state index in [1.165, 1.54) is 12.1 Å². The van der Waals surface area contributed by atoms with Gasteiger partial charge in [0.05, 0.1) is 11.1 Å². The minimum atomic E-state index is -0.723. The Morgan fingerprint density at radius 3 is 2.54 bits per heavy atom. The number of benzene rings is 2. The average molecular weight is 356 g/mol. The van der Waals surface area contributed by atoms with E-state index >= 15 is 0 Å². The second-order valence-electron chi connectivity index (χ2n) is 5.88. The fourth-order valence-corrected chi connectivity index (χ4v) is 2.64. The van der Waals surface area contributed by atoms with Crippen molar-refractivity contribution in [2.24, 2.45) is 0 Å². The molecule has 0 bridgehead atoms. The summed E-state index contributed by atoms with van der Waals surface area (Å²) in [6.45, 7) is 1.78. The number of carbonyl (C=O) groups is 3. The molecule has 0 unspecified atom stereocenters. The molecule has 0 aliphatic carbocycles. The summed E-state index contributed by atoms with van der Waals surface area (Å²) in [5.74, 6) is -1.78. The van der Waals surface area contributed by atoms with Crippen molar-refractivity contribution in [1.29, 1.82) is 0 Å². The molecule has 1 aliphatic heterocycles. The Morgan fingerprint density at radius 2 is 1.85 bits per heavy atom. The normalized spacial score (nSPS) is 12.9. The van der Waals surface area contributed by atoms with Crippen molar-refractivity contribution in [2.45, 2.75) is 6.92 Å². The van der Waals surface area contributed by atoms with Gasteiger partial charge in [-0.1, -0.05) is 23.8 Å².